The zero-order chi connectivity index (χ0) is 18.7. The van der Waals surface area contributed by atoms with Crippen LogP contribution >= 0.6 is 11.6 Å². The molecule has 4 nitrogen and oxygen atoms in total. The van der Waals surface area contributed by atoms with Crippen LogP contribution in [0.1, 0.15) is 47.1 Å². The summed E-state index contributed by atoms with van der Waals surface area (Å²) in [4.78, 5) is 15.8. The lowest BCUT2D eigenvalue weighted by molar-refractivity contribution is 0.0697. The molecule has 3 aromatic rings. The smallest absolute Gasteiger partial charge is 0.335 e. The molecule has 1 N–H and O–H groups in total. The molecular weight excluding hydrogens is 348 g/mol. The molecule has 3 rings (SSSR count). The van der Waals surface area contributed by atoms with Gasteiger partial charge in [0.1, 0.15) is 5.82 Å². The molecule has 0 amide bonds. The van der Waals surface area contributed by atoms with Gasteiger partial charge in [0.2, 0.25) is 0 Å². The van der Waals surface area contributed by atoms with Crippen LogP contribution in [-0.4, -0.2) is 20.6 Å². The lowest BCUT2D eigenvalue weighted by Crippen LogP contribution is -2.04. The van der Waals surface area contributed by atoms with E-state index in [0.29, 0.717) is 11.6 Å². The molecule has 0 aliphatic heterocycles. The van der Waals surface area contributed by atoms with E-state index in [9.17, 15) is 9.90 Å². The largest absolute Gasteiger partial charge is 0.478 e. The summed E-state index contributed by atoms with van der Waals surface area (Å²) in [6.45, 7) is 4.52. The number of benzene rings is 2. The number of rotatable bonds is 4. The Labute approximate surface area is 157 Å². The quantitative estimate of drug-likeness (QED) is 0.668. The molecule has 0 bridgehead atoms. The zero-order valence-corrected chi connectivity index (χ0v) is 15.5. The van der Waals surface area contributed by atoms with Crippen LogP contribution < -0.4 is 0 Å². The first-order chi connectivity index (χ1) is 12.5. The van der Waals surface area contributed by atoms with Gasteiger partial charge in [-0.2, -0.15) is 0 Å². The number of hydrogen-bond donors (Lipinski definition) is 1. The molecule has 0 spiro atoms. The maximum absolute atomic E-state index is 11.3. The molecule has 0 aliphatic carbocycles. The topological polar surface area (TPSA) is 55.1 Å². The molecule has 132 valence electrons. The van der Waals surface area contributed by atoms with Gasteiger partial charge in [-0.15, -0.1) is 0 Å². The van der Waals surface area contributed by atoms with Gasteiger partial charge in [-0.1, -0.05) is 36.4 Å². The Hall–Kier alpha value is -2.77. The normalized spacial score (nSPS) is 10.6. The van der Waals surface area contributed by atoms with Crippen LogP contribution in [0, 0.1) is 18.8 Å². The first-order valence-corrected chi connectivity index (χ1v) is 8.85. The van der Waals surface area contributed by atoms with Crippen LogP contribution in [0.15, 0.2) is 36.4 Å². The molecule has 0 saturated carbocycles. The van der Waals surface area contributed by atoms with E-state index in [4.69, 9.17) is 11.6 Å². The summed E-state index contributed by atoms with van der Waals surface area (Å²) in [7, 11) is 0. The molecule has 0 radical (unpaired) electrons. The van der Waals surface area contributed by atoms with Gasteiger partial charge in [0, 0.05) is 17.0 Å². The van der Waals surface area contributed by atoms with Crippen molar-refractivity contribution in [2.24, 2.45) is 0 Å². The fraction of sp³-hybridized carbons (Fsp3) is 0.238. The maximum atomic E-state index is 11.3. The Morgan fingerprint density at radius 1 is 1.27 bits per heavy atom. The van der Waals surface area contributed by atoms with Crippen LogP contribution in [0.25, 0.3) is 11.0 Å². The lowest BCUT2D eigenvalue weighted by atomic mass is 10.1. The van der Waals surface area contributed by atoms with Crippen molar-refractivity contribution < 1.29 is 9.90 Å². The van der Waals surface area contributed by atoms with Crippen LogP contribution in [0.3, 0.4) is 0 Å². The summed E-state index contributed by atoms with van der Waals surface area (Å²) in [5.41, 5.74) is 3.63. The van der Waals surface area contributed by atoms with Crippen LogP contribution in [0.5, 0.6) is 0 Å². The molecule has 0 unspecified atom stereocenters. The number of aryl methyl sites for hydroxylation is 1. The molecule has 0 saturated heterocycles. The Kier molecular flexibility index (Phi) is 5.29. The Morgan fingerprint density at radius 3 is 2.77 bits per heavy atom. The van der Waals surface area contributed by atoms with Gasteiger partial charge in [-0.3, -0.25) is 0 Å². The van der Waals surface area contributed by atoms with Gasteiger partial charge in [-0.05, 0) is 49.2 Å². The third-order valence-electron chi connectivity index (χ3n) is 4.18. The third-order valence-corrected chi connectivity index (χ3v) is 4.53. The van der Waals surface area contributed by atoms with Crippen molar-refractivity contribution in [3.63, 3.8) is 0 Å². The van der Waals surface area contributed by atoms with E-state index in [0.717, 1.165) is 40.8 Å². The maximum Gasteiger partial charge on any atom is 0.335 e. The van der Waals surface area contributed by atoms with E-state index in [1.165, 1.54) is 0 Å². The van der Waals surface area contributed by atoms with Crippen LogP contribution in [0.4, 0.5) is 0 Å². The van der Waals surface area contributed by atoms with E-state index < -0.39 is 5.97 Å². The summed E-state index contributed by atoms with van der Waals surface area (Å²) >= 11 is 6.45. The van der Waals surface area contributed by atoms with Gasteiger partial charge in [-0.25, -0.2) is 9.78 Å². The summed E-state index contributed by atoms with van der Waals surface area (Å²) in [6, 6.07) is 10.7. The highest BCUT2D eigenvalue weighted by atomic mass is 35.5. The standard InChI is InChI=1S/C21H19ClN2O2/c1-3-4-5-6-15-7-8-17(18(22)11-15)13-24-14(2)23-19-10-9-16(21(25)26)12-20(19)24/h7-12H,3-4,13H2,1-2H3,(H,25,26). The average molecular weight is 367 g/mol. The highest BCUT2D eigenvalue weighted by Gasteiger charge is 2.12. The zero-order valence-electron chi connectivity index (χ0n) is 14.7. The van der Waals surface area contributed by atoms with Crippen molar-refractivity contribution >= 4 is 28.6 Å². The van der Waals surface area contributed by atoms with Crippen LogP contribution in [0.2, 0.25) is 5.02 Å². The SMILES string of the molecule is CCCC#Cc1ccc(Cn2c(C)nc3ccc(C(=O)O)cc32)c(Cl)c1. The van der Waals surface area contributed by atoms with E-state index in [1.54, 1.807) is 18.2 Å². The van der Waals surface area contributed by atoms with E-state index in [1.807, 2.05) is 29.7 Å². The second-order valence-electron chi connectivity index (χ2n) is 6.11. The number of nitrogens with zero attached hydrogens (tertiary/aromatic N) is 2. The van der Waals surface area contributed by atoms with Gasteiger partial charge < -0.3 is 9.67 Å². The van der Waals surface area contributed by atoms with Gasteiger partial charge in [0.05, 0.1) is 23.1 Å². The summed E-state index contributed by atoms with van der Waals surface area (Å²) in [6.07, 6.45) is 1.90. The molecular formula is C21H19ClN2O2. The Balaban J connectivity index is 1.96. The predicted molar refractivity (Wildman–Crippen MR) is 104 cm³/mol. The minimum atomic E-state index is -0.953. The third kappa shape index (κ3) is 3.74. The van der Waals surface area contributed by atoms with E-state index >= 15 is 0 Å². The predicted octanol–water partition coefficient (Wildman–Crippen LogP) is 4.90. The van der Waals surface area contributed by atoms with Gasteiger partial charge >= 0.3 is 5.97 Å². The van der Waals surface area contributed by atoms with Crippen molar-refractivity contribution in [3.05, 3.63) is 63.9 Å². The molecule has 26 heavy (non-hydrogen) atoms. The number of carboxylic acids is 1. The molecule has 1 aromatic heterocycles. The fourth-order valence-electron chi connectivity index (χ4n) is 2.79. The van der Waals surface area contributed by atoms with E-state index in [2.05, 4.69) is 23.7 Å². The van der Waals surface area contributed by atoms with Crippen LogP contribution in [-0.2, 0) is 6.54 Å². The number of hydrogen-bond acceptors (Lipinski definition) is 2. The number of aromatic nitrogens is 2. The molecule has 1 heterocycles. The lowest BCUT2D eigenvalue weighted by Gasteiger charge is -2.09. The first kappa shape index (κ1) is 18.0. The summed E-state index contributed by atoms with van der Waals surface area (Å²) in [5.74, 6) is 6.09. The minimum absolute atomic E-state index is 0.242. The minimum Gasteiger partial charge on any atom is -0.478 e. The molecule has 0 fully saturated rings. The first-order valence-electron chi connectivity index (χ1n) is 8.47. The van der Waals surface area contributed by atoms with Gasteiger partial charge in [0.15, 0.2) is 0 Å². The number of fused-ring (bicyclic) bond motifs is 1. The Morgan fingerprint density at radius 2 is 2.08 bits per heavy atom. The van der Waals surface area contributed by atoms with Crippen molar-refractivity contribution in [3.8, 4) is 11.8 Å². The highest BCUT2D eigenvalue weighted by molar-refractivity contribution is 6.31. The second kappa shape index (κ2) is 7.63. The number of imidazole rings is 1. The second-order valence-corrected chi connectivity index (χ2v) is 6.52. The number of halogens is 1. The molecule has 0 aliphatic rings. The summed E-state index contributed by atoms with van der Waals surface area (Å²) < 4.78 is 1.98. The molecule has 0 atom stereocenters. The average Bonchev–Trinajstić information content (AvgIpc) is 2.92. The summed E-state index contributed by atoms with van der Waals surface area (Å²) in [5, 5.41) is 9.87. The van der Waals surface area contributed by atoms with E-state index in [-0.39, 0.29) is 5.56 Å². The highest BCUT2D eigenvalue weighted by Crippen LogP contribution is 2.23. The number of unbranched alkanes of at least 4 members (excludes halogenated alkanes) is 1. The number of carboxylic acid groups (broad SMARTS) is 1. The van der Waals surface area contributed by atoms with Crippen molar-refractivity contribution in [1.82, 2.24) is 9.55 Å². The monoisotopic (exact) mass is 366 g/mol. The Bertz CT molecular complexity index is 1040. The van der Waals surface area contributed by atoms with Gasteiger partial charge in [0.25, 0.3) is 0 Å². The number of carbonyl (C=O) groups is 1. The van der Waals surface area contributed by atoms with Crippen molar-refractivity contribution in [2.45, 2.75) is 33.2 Å². The molecule has 2 aromatic carbocycles. The number of aromatic carboxylic acids is 1. The fourth-order valence-corrected chi connectivity index (χ4v) is 3.03. The van der Waals surface area contributed by atoms with Crippen molar-refractivity contribution in [2.75, 3.05) is 0 Å². The molecule has 5 heteroatoms. The van der Waals surface area contributed by atoms with Crippen molar-refractivity contribution in [1.29, 1.82) is 0 Å².